The molecule has 2 unspecified atom stereocenters. The van der Waals surface area contributed by atoms with Gasteiger partial charge in [-0.2, -0.15) is 5.26 Å². The van der Waals surface area contributed by atoms with Gasteiger partial charge in [-0.15, -0.1) is 0 Å². The third-order valence-electron chi connectivity index (χ3n) is 4.32. The molecule has 94 valence electrons. The standard InChI is InChI=1S/C13H20N2O2/c14-9-13(6-3-7-13)12(17)15-11-5-2-1-4-10(11)8-16/h10-11,16H,1-8H2,(H,15,17). The summed E-state index contributed by atoms with van der Waals surface area (Å²) in [6, 6.07) is 2.22. The Labute approximate surface area is 102 Å². The SMILES string of the molecule is N#CC1(C(=O)NC2CCCCC2CO)CCC1. The molecule has 0 aromatic rings. The molecule has 2 aliphatic carbocycles. The summed E-state index contributed by atoms with van der Waals surface area (Å²) in [6.07, 6.45) is 6.47. The molecule has 4 heteroatoms. The minimum Gasteiger partial charge on any atom is -0.396 e. The molecule has 2 N–H and O–H groups in total. The van der Waals surface area contributed by atoms with Gasteiger partial charge in [0.15, 0.2) is 0 Å². The van der Waals surface area contributed by atoms with Gasteiger partial charge >= 0.3 is 0 Å². The average molecular weight is 236 g/mol. The highest BCUT2D eigenvalue weighted by Gasteiger charge is 2.45. The second-order valence-electron chi connectivity index (χ2n) is 5.35. The van der Waals surface area contributed by atoms with Crippen LogP contribution in [0.2, 0.25) is 0 Å². The lowest BCUT2D eigenvalue weighted by atomic mass is 9.69. The highest BCUT2D eigenvalue weighted by molar-refractivity contribution is 5.86. The van der Waals surface area contributed by atoms with Gasteiger partial charge in [0.05, 0.1) is 6.07 Å². The van der Waals surface area contributed by atoms with Crippen molar-refractivity contribution in [2.45, 2.75) is 51.0 Å². The van der Waals surface area contributed by atoms with Crippen LogP contribution >= 0.6 is 0 Å². The Bertz CT molecular complexity index is 331. The summed E-state index contributed by atoms with van der Waals surface area (Å²) in [5.74, 6) is 0.0557. The number of rotatable bonds is 3. The molecule has 4 nitrogen and oxygen atoms in total. The van der Waals surface area contributed by atoms with Crippen molar-refractivity contribution in [2.24, 2.45) is 11.3 Å². The van der Waals surface area contributed by atoms with Gasteiger partial charge in [-0.1, -0.05) is 12.8 Å². The Hall–Kier alpha value is -1.08. The molecular formula is C13H20N2O2. The van der Waals surface area contributed by atoms with Crippen LogP contribution in [0.25, 0.3) is 0 Å². The maximum atomic E-state index is 12.1. The largest absolute Gasteiger partial charge is 0.396 e. The minimum atomic E-state index is -0.766. The molecule has 2 aliphatic rings. The summed E-state index contributed by atoms with van der Waals surface area (Å²) in [6.45, 7) is 0.129. The third kappa shape index (κ3) is 2.30. The molecule has 0 aliphatic heterocycles. The topological polar surface area (TPSA) is 73.1 Å². The van der Waals surface area contributed by atoms with Gasteiger partial charge in [0.2, 0.25) is 5.91 Å². The van der Waals surface area contributed by atoms with E-state index in [1.165, 1.54) is 0 Å². The summed E-state index contributed by atoms with van der Waals surface area (Å²) in [7, 11) is 0. The molecule has 0 aromatic heterocycles. The lowest BCUT2D eigenvalue weighted by molar-refractivity contribution is -0.133. The van der Waals surface area contributed by atoms with Crippen LogP contribution in [0.1, 0.15) is 44.9 Å². The maximum Gasteiger partial charge on any atom is 0.240 e. The molecule has 2 rings (SSSR count). The van der Waals surface area contributed by atoms with Gasteiger partial charge in [-0.25, -0.2) is 0 Å². The molecule has 2 saturated carbocycles. The summed E-state index contributed by atoms with van der Waals surface area (Å²) in [4.78, 5) is 12.1. The molecule has 0 spiro atoms. The molecule has 1 amide bonds. The lowest BCUT2D eigenvalue weighted by Crippen LogP contribution is -2.51. The van der Waals surface area contributed by atoms with E-state index in [0.29, 0.717) is 12.8 Å². The Kier molecular flexibility index (Phi) is 3.68. The summed E-state index contributed by atoms with van der Waals surface area (Å²) >= 11 is 0. The van der Waals surface area contributed by atoms with Crippen molar-refractivity contribution in [3.05, 3.63) is 0 Å². The number of nitrogens with one attached hydrogen (secondary N) is 1. The number of carbonyl (C=O) groups excluding carboxylic acids is 1. The molecule has 17 heavy (non-hydrogen) atoms. The van der Waals surface area contributed by atoms with Gasteiger partial charge in [-0.05, 0) is 32.1 Å². The number of carbonyl (C=O) groups is 1. The van der Waals surface area contributed by atoms with E-state index in [4.69, 9.17) is 5.26 Å². The second kappa shape index (κ2) is 5.05. The molecule has 0 saturated heterocycles. The first-order valence-electron chi connectivity index (χ1n) is 6.55. The van der Waals surface area contributed by atoms with E-state index in [1.54, 1.807) is 0 Å². The summed E-state index contributed by atoms with van der Waals surface area (Å²) in [5.41, 5.74) is -0.766. The molecular weight excluding hydrogens is 216 g/mol. The maximum absolute atomic E-state index is 12.1. The smallest absolute Gasteiger partial charge is 0.240 e. The predicted molar refractivity (Wildman–Crippen MR) is 62.9 cm³/mol. The van der Waals surface area contributed by atoms with Crippen molar-refractivity contribution in [1.82, 2.24) is 5.32 Å². The lowest BCUT2D eigenvalue weighted by Gasteiger charge is -2.37. The van der Waals surface area contributed by atoms with Crippen molar-refractivity contribution in [2.75, 3.05) is 6.61 Å². The highest BCUT2D eigenvalue weighted by Crippen LogP contribution is 2.40. The van der Waals surface area contributed by atoms with Crippen LogP contribution in [0.3, 0.4) is 0 Å². The van der Waals surface area contributed by atoms with Crippen LogP contribution in [-0.4, -0.2) is 23.7 Å². The van der Waals surface area contributed by atoms with Crippen LogP contribution in [-0.2, 0) is 4.79 Å². The number of nitrogens with zero attached hydrogens (tertiary/aromatic N) is 1. The third-order valence-corrected chi connectivity index (χ3v) is 4.32. The zero-order valence-electron chi connectivity index (χ0n) is 10.1. The average Bonchev–Trinajstić information content (AvgIpc) is 2.29. The molecule has 2 fully saturated rings. The zero-order chi connectivity index (χ0) is 12.3. The van der Waals surface area contributed by atoms with E-state index in [1.807, 2.05) is 0 Å². The van der Waals surface area contributed by atoms with Crippen molar-refractivity contribution in [3.63, 3.8) is 0 Å². The van der Waals surface area contributed by atoms with E-state index in [2.05, 4.69) is 11.4 Å². The van der Waals surface area contributed by atoms with Crippen LogP contribution in [0.5, 0.6) is 0 Å². The van der Waals surface area contributed by atoms with Crippen molar-refractivity contribution < 1.29 is 9.90 Å². The Balaban J connectivity index is 1.95. The van der Waals surface area contributed by atoms with Crippen molar-refractivity contribution >= 4 is 5.91 Å². The fourth-order valence-corrected chi connectivity index (χ4v) is 2.84. The normalized spacial score (nSPS) is 31.1. The second-order valence-corrected chi connectivity index (χ2v) is 5.35. The van der Waals surface area contributed by atoms with Gasteiger partial charge < -0.3 is 10.4 Å². The minimum absolute atomic E-state index is 0.0621. The molecule has 0 heterocycles. The first-order valence-corrected chi connectivity index (χ1v) is 6.55. The highest BCUT2D eigenvalue weighted by atomic mass is 16.3. The van der Waals surface area contributed by atoms with E-state index in [0.717, 1.165) is 32.1 Å². The van der Waals surface area contributed by atoms with Gasteiger partial charge in [-0.3, -0.25) is 4.79 Å². The number of aliphatic hydroxyl groups excluding tert-OH is 1. The number of hydrogen-bond acceptors (Lipinski definition) is 3. The Morgan fingerprint density at radius 3 is 2.59 bits per heavy atom. The number of amides is 1. The Morgan fingerprint density at radius 1 is 1.35 bits per heavy atom. The zero-order valence-corrected chi connectivity index (χ0v) is 10.1. The van der Waals surface area contributed by atoms with Crippen LogP contribution in [0.4, 0.5) is 0 Å². The molecule has 2 atom stereocenters. The van der Waals surface area contributed by atoms with E-state index < -0.39 is 5.41 Å². The molecule has 0 radical (unpaired) electrons. The molecule has 0 bridgehead atoms. The Morgan fingerprint density at radius 2 is 2.06 bits per heavy atom. The van der Waals surface area contributed by atoms with Crippen LogP contribution < -0.4 is 5.32 Å². The van der Waals surface area contributed by atoms with E-state index in [-0.39, 0.29) is 24.5 Å². The van der Waals surface area contributed by atoms with Crippen LogP contribution in [0, 0.1) is 22.7 Å². The number of hydrogen-bond donors (Lipinski definition) is 2. The van der Waals surface area contributed by atoms with Gasteiger partial charge in [0, 0.05) is 18.6 Å². The first kappa shape index (κ1) is 12.4. The first-order chi connectivity index (χ1) is 8.22. The van der Waals surface area contributed by atoms with Gasteiger partial charge in [0.25, 0.3) is 0 Å². The molecule has 0 aromatic carbocycles. The summed E-state index contributed by atoms with van der Waals surface area (Å²) in [5, 5.41) is 21.4. The monoisotopic (exact) mass is 236 g/mol. The van der Waals surface area contributed by atoms with E-state index in [9.17, 15) is 9.90 Å². The predicted octanol–water partition coefficient (Wildman–Crippen LogP) is 1.35. The van der Waals surface area contributed by atoms with Crippen molar-refractivity contribution in [1.29, 1.82) is 5.26 Å². The van der Waals surface area contributed by atoms with Gasteiger partial charge in [0.1, 0.15) is 5.41 Å². The van der Waals surface area contributed by atoms with Crippen molar-refractivity contribution in [3.8, 4) is 6.07 Å². The quantitative estimate of drug-likeness (QED) is 0.776. The fourth-order valence-electron chi connectivity index (χ4n) is 2.84. The van der Waals surface area contributed by atoms with E-state index >= 15 is 0 Å². The number of nitriles is 1. The van der Waals surface area contributed by atoms with Crippen LogP contribution in [0.15, 0.2) is 0 Å². The number of aliphatic hydroxyl groups is 1. The fraction of sp³-hybridized carbons (Fsp3) is 0.846. The summed E-state index contributed by atoms with van der Waals surface area (Å²) < 4.78 is 0.